The molecule has 0 rings (SSSR count). The molecule has 2 atom stereocenters. The summed E-state index contributed by atoms with van der Waals surface area (Å²) in [6, 6.07) is 0.846. The molecule has 0 aliphatic rings. The molecule has 0 saturated heterocycles. The fourth-order valence-electron chi connectivity index (χ4n) is 2.64. The van der Waals surface area contributed by atoms with Crippen LogP contribution in [0.3, 0.4) is 0 Å². The van der Waals surface area contributed by atoms with Crippen molar-refractivity contribution in [1.82, 2.24) is 4.90 Å². The van der Waals surface area contributed by atoms with Gasteiger partial charge in [0.05, 0.1) is 0 Å². The largest absolute Gasteiger partial charge is 0.300 e. The van der Waals surface area contributed by atoms with E-state index in [0.717, 1.165) is 12.0 Å². The second-order valence-corrected chi connectivity index (χ2v) is 5.92. The van der Waals surface area contributed by atoms with E-state index in [-0.39, 0.29) is 0 Å². The topological polar surface area (TPSA) is 3.24 Å². The van der Waals surface area contributed by atoms with Crippen LogP contribution in [0, 0.1) is 5.92 Å². The number of rotatable bonds is 12. The number of hydrogen-bond acceptors (Lipinski definition) is 1. The Balaban J connectivity index is 4.28. The number of hydrogen-bond donors (Lipinski definition) is 0. The molecule has 0 radical (unpaired) electrons. The fraction of sp³-hybridized carbons (Fsp3) is 1.00. The molecule has 1 heteroatoms. The smallest absolute Gasteiger partial charge is 0.00951 e. The van der Waals surface area contributed by atoms with Crippen molar-refractivity contribution in [1.29, 1.82) is 0 Å². The molecule has 1 nitrogen and oxygen atoms in total. The predicted molar refractivity (Wildman–Crippen MR) is 84.2 cm³/mol. The van der Waals surface area contributed by atoms with Gasteiger partial charge in [0.2, 0.25) is 0 Å². The zero-order chi connectivity index (χ0) is 13.8. The summed E-state index contributed by atoms with van der Waals surface area (Å²) in [6.07, 6.45) is 10.9. The van der Waals surface area contributed by atoms with Crippen LogP contribution in [-0.4, -0.2) is 24.0 Å². The molecule has 0 aromatic carbocycles. The van der Waals surface area contributed by atoms with E-state index >= 15 is 0 Å². The lowest BCUT2D eigenvalue weighted by Gasteiger charge is -2.32. The van der Waals surface area contributed by atoms with Crippen LogP contribution in [-0.2, 0) is 0 Å². The molecule has 0 spiro atoms. The fourth-order valence-corrected chi connectivity index (χ4v) is 2.64. The molecule has 0 aliphatic heterocycles. The van der Waals surface area contributed by atoms with Crippen LogP contribution in [0.2, 0.25) is 0 Å². The highest BCUT2D eigenvalue weighted by molar-refractivity contribution is 4.72. The monoisotopic (exact) mass is 255 g/mol. The van der Waals surface area contributed by atoms with Crippen LogP contribution in [0.15, 0.2) is 0 Å². The summed E-state index contributed by atoms with van der Waals surface area (Å²) in [5.41, 5.74) is 0. The van der Waals surface area contributed by atoms with Gasteiger partial charge in [-0.2, -0.15) is 0 Å². The average molecular weight is 255 g/mol. The van der Waals surface area contributed by atoms with E-state index in [0.29, 0.717) is 0 Å². The molecule has 0 saturated carbocycles. The minimum atomic E-state index is 0.846. The third-order valence-electron chi connectivity index (χ3n) is 4.15. The van der Waals surface area contributed by atoms with Gasteiger partial charge in [-0.1, -0.05) is 60.3 Å². The highest BCUT2D eigenvalue weighted by Crippen LogP contribution is 2.17. The van der Waals surface area contributed by atoms with Gasteiger partial charge in [0.25, 0.3) is 0 Å². The SMILES string of the molecule is CCCCC(CCC)N(CCC)CCC(C)CC. The van der Waals surface area contributed by atoms with Crippen molar-refractivity contribution >= 4 is 0 Å². The lowest BCUT2D eigenvalue weighted by Crippen LogP contribution is -2.37. The third-order valence-corrected chi connectivity index (χ3v) is 4.15. The van der Waals surface area contributed by atoms with Gasteiger partial charge in [0.1, 0.15) is 0 Å². The van der Waals surface area contributed by atoms with E-state index in [1.54, 1.807) is 0 Å². The van der Waals surface area contributed by atoms with E-state index in [1.807, 2.05) is 0 Å². The molecule has 0 aromatic heterocycles. The van der Waals surface area contributed by atoms with Crippen molar-refractivity contribution < 1.29 is 0 Å². The highest BCUT2D eigenvalue weighted by atomic mass is 15.1. The minimum absolute atomic E-state index is 0.846. The quantitative estimate of drug-likeness (QED) is 0.445. The molecule has 0 aromatic rings. The molecule has 18 heavy (non-hydrogen) atoms. The van der Waals surface area contributed by atoms with E-state index in [2.05, 4.69) is 39.5 Å². The zero-order valence-corrected chi connectivity index (χ0v) is 13.7. The Morgan fingerprint density at radius 2 is 1.50 bits per heavy atom. The Morgan fingerprint density at radius 1 is 0.778 bits per heavy atom. The Kier molecular flexibility index (Phi) is 12.0. The molecule has 0 aliphatic carbocycles. The Bertz CT molecular complexity index is 167. The molecular weight excluding hydrogens is 218 g/mol. The van der Waals surface area contributed by atoms with Crippen LogP contribution >= 0.6 is 0 Å². The second-order valence-electron chi connectivity index (χ2n) is 5.92. The molecular formula is C17H37N. The van der Waals surface area contributed by atoms with Gasteiger partial charge in [-0.15, -0.1) is 0 Å². The predicted octanol–water partition coefficient (Wildman–Crippen LogP) is 5.49. The summed E-state index contributed by atoms with van der Waals surface area (Å²) in [5.74, 6) is 0.887. The highest BCUT2D eigenvalue weighted by Gasteiger charge is 2.16. The first-order valence-electron chi connectivity index (χ1n) is 8.43. The van der Waals surface area contributed by atoms with E-state index in [1.165, 1.54) is 64.5 Å². The molecule has 0 amide bonds. The summed E-state index contributed by atoms with van der Waals surface area (Å²) in [7, 11) is 0. The maximum Gasteiger partial charge on any atom is 0.00951 e. The number of nitrogens with zero attached hydrogens (tertiary/aromatic N) is 1. The molecule has 110 valence electrons. The van der Waals surface area contributed by atoms with Crippen molar-refractivity contribution in [2.45, 2.75) is 92.0 Å². The van der Waals surface area contributed by atoms with Crippen molar-refractivity contribution in [3.8, 4) is 0 Å². The Morgan fingerprint density at radius 3 is 2.00 bits per heavy atom. The molecule has 0 heterocycles. The maximum atomic E-state index is 2.78. The first-order valence-corrected chi connectivity index (χ1v) is 8.43. The first-order chi connectivity index (χ1) is 8.69. The number of unbranched alkanes of at least 4 members (excludes halogenated alkanes) is 1. The summed E-state index contributed by atoms with van der Waals surface area (Å²) in [6.45, 7) is 14.3. The standard InChI is InChI=1S/C17H37N/c1-6-10-12-17(11-7-2)18(14-8-3)15-13-16(5)9-4/h16-17H,6-15H2,1-5H3. The average Bonchev–Trinajstić information content (AvgIpc) is 2.39. The lowest BCUT2D eigenvalue weighted by molar-refractivity contribution is 0.163. The Hall–Kier alpha value is -0.0400. The van der Waals surface area contributed by atoms with Crippen LogP contribution in [0.5, 0.6) is 0 Å². The zero-order valence-electron chi connectivity index (χ0n) is 13.7. The van der Waals surface area contributed by atoms with Crippen LogP contribution < -0.4 is 0 Å². The Labute approximate surface area is 116 Å². The van der Waals surface area contributed by atoms with Crippen molar-refractivity contribution in [3.63, 3.8) is 0 Å². The van der Waals surface area contributed by atoms with Crippen molar-refractivity contribution in [2.24, 2.45) is 5.92 Å². The molecule has 2 unspecified atom stereocenters. The van der Waals surface area contributed by atoms with Crippen molar-refractivity contribution in [3.05, 3.63) is 0 Å². The van der Waals surface area contributed by atoms with Gasteiger partial charge in [0.15, 0.2) is 0 Å². The van der Waals surface area contributed by atoms with Crippen molar-refractivity contribution in [2.75, 3.05) is 13.1 Å². The third kappa shape index (κ3) is 8.13. The maximum absolute atomic E-state index is 2.78. The van der Waals surface area contributed by atoms with E-state index in [4.69, 9.17) is 0 Å². The first kappa shape index (κ1) is 18.0. The molecule has 0 bridgehead atoms. The molecule has 0 fully saturated rings. The van der Waals surface area contributed by atoms with E-state index < -0.39 is 0 Å². The molecule has 0 N–H and O–H groups in total. The second kappa shape index (κ2) is 12.0. The summed E-state index contributed by atoms with van der Waals surface area (Å²) in [4.78, 5) is 2.78. The van der Waals surface area contributed by atoms with Crippen LogP contribution in [0.25, 0.3) is 0 Å². The van der Waals surface area contributed by atoms with Gasteiger partial charge >= 0.3 is 0 Å². The lowest BCUT2D eigenvalue weighted by atomic mass is 10.0. The van der Waals surface area contributed by atoms with Gasteiger partial charge in [-0.3, -0.25) is 0 Å². The summed E-state index contributed by atoms with van der Waals surface area (Å²) < 4.78 is 0. The summed E-state index contributed by atoms with van der Waals surface area (Å²) >= 11 is 0. The van der Waals surface area contributed by atoms with Gasteiger partial charge < -0.3 is 4.90 Å². The normalized spacial score (nSPS) is 15.0. The van der Waals surface area contributed by atoms with Gasteiger partial charge in [0, 0.05) is 6.04 Å². The van der Waals surface area contributed by atoms with Crippen LogP contribution in [0.1, 0.15) is 86.0 Å². The minimum Gasteiger partial charge on any atom is -0.300 e. The van der Waals surface area contributed by atoms with Gasteiger partial charge in [-0.25, -0.2) is 0 Å². The summed E-state index contributed by atoms with van der Waals surface area (Å²) in [5, 5.41) is 0. The van der Waals surface area contributed by atoms with E-state index in [9.17, 15) is 0 Å². The van der Waals surface area contributed by atoms with Gasteiger partial charge in [-0.05, 0) is 44.7 Å². The van der Waals surface area contributed by atoms with Crippen LogP contribution in [0.4, 0.5) is 0 Å².